The van der Waals surface area contributed by atoms with E-state index in [4.69, 9.17) is 5.21 Å². The monoisotopic (exact) mass is 207 g/mol. The van der Waals surface area contributed by atoms with Crippen LogP contribution in [0.3, 0.4) is 0 Å². The van der Waals surface area contributed by atoms with Gasteiger partial charge in [-0.2, -0.15) is 0 Å². The van der Waals surface area contributed by atoms with Gasteiger partial charge >= 0.3 is 35.1 Å². The summed E-state index contributed by atoms with van der Waals surface area (Å²) in [4.78, 5) is 11.1. The normalized spacial score (nSPS) is 11.3. The molecule has 1 atom stereocenters. The van der Waals surface area contributed by atoms with Crippen LogP contribution in [0.5, 0.6) is 0 Å². The summed E-state index contributed by atoms with van der Waals surface area (Å²) >= 11 is 0. The van der Waals surface area contributed by atoms with Crippen LogP contribution in [0, 0.1) is 0 Å². The summed E-state index contributed by atoms with van der Waals surface area (Å²) < 4.78 is 11.8. The predicted octanol–water partition coefficient (Wildman–Crippen LogP) is 0.318. The number of rotatable bonds is 0. The first-order valence-corrected chi connectivity index (χ1v) is 4.37. The van der Waals surface area contributed by atoms with Crippen molar-refractivity contribution in [1.29, 1.82) is 0 Å². The van der Waals surface area contributed by atoms with E-state index in [9.17, 15) is 9.35 Å². The Balaban J connectivity index is 0.000000845. The standard InChI is InChI=1S/C7H5NO3S.Na.H/c9-7-5-3-1-2-4-6(5)12(11)8(7)10;;/h1-4,10H;;. The Bertz CT molecular complexity index is 490. The third-order valence-corrected chi connectivity index (χ3v) is 2.85. The van der Waals surface area contributed by atoms with E-state index in [0.717, 1.165) is 0 Å². The molecule has 2 rings (SSSR count). The summed E-state index contributed by atoms with van der Waals surface area (Å²) in [6.07, 6.45) is 0. The molecule has 64 valence electrons. The van der Waals surface area contributed by atoms with Gasteiger partial charge in [-0.15, -0.1) is 0 Å². The van der Waals surface area contributed by atoms with E-state index in [2.05, 4.69) is 0 Å². The average Bonchev–Trinajstić information content (AvgIpc) is 2.33. The van der Waals surface area contributed by atoms with E-state index < -0.39 is 16.5 Å². The molecule has 0 aliphatic heterocycles. The van der Waals surface area contributed by atoms with E-state index in [-0.39, 0.29) is 33.7 Å². The summed E-state index contributed by atoms with van der Waals surface area (Å²) in [6, 6.07) is 6.42. The topological polar surface area (TPSA) is 65.3 Å². The first-order chi connectivity index (χ1) is 5.72. The Hall–Kier alpha value is -0.330. The second kappa shape index (κ2) is 3.81. The zero-order valence-corrected chi connectivity index (χ0v) is 6.75. The molecule has 1 aromatic carbocycles. The van der Waals surface area contributed by atoms with E-state index in [1.807, 2.05) is 0 Å². The fourth-order valence-electron chi connectivity index (χ4n) is 1.07. The third kappa shape index (κ3) is 1.53. The van der Waals surface area contributed by atoms with Crippen LogP contribution in [0.4, 0.5) is 0 Å². The van der Waals surface area contributed by atoms with Crippen LogP contribution in [0.25, 0.3) is 10.1 Å². The number of benzene rings is 1. The van der Waals surface area contributed by atoms with Gasteiger partial charge in [0.15, 0.2) is 0 Å². The van der Waals surface area contributed by atoms with Crippen molar-refractivity contribution >= 4 is 50.6 Å². The Morgan fingerprint density at radius 1 is 1.38 bits per heavy atom. The third-order valence-electron chi connectivity index (χ3n) is 1.64. The molecule has 0 saturated heterocycles. The molecule has 1 N–H and O–H groups in total. The number of aromatic nitrogens is 1. The predicted molar refractivity (Wildman–Crippen MR) is 51.2 cm³/mol. The molecular weight excluding hydrogens is 201 g/mol. The fraction of sp³-hybridized carbons (Fsp3) is 0. The maximum absolute atomic E-state index is 11.2. The second-order valence-electron chi connectivity index (χ2n) is 2.32. The Morgan fingerprint density at radius 3 is 2.62 bits per heavy atom. The quantitative estimate of drug-likeness (QED) is 0.384. The van der Waals surface area contributed by atoms with E-state index >= 15 is 0 Å². The van der Waals surface area contributed by atoms with Gasteiger partial charge in [0.05, 0.1) is 10.9 Å². The van der Waals surface area contributed by atoms with Gasteiger partial charge in [-0.05, 0) is 6.07 Å². The van der Waals surface area contributed by atoms with Crippen LogP contribution in [0.15, 0.2) is 29.1 Å². The van der Waals surface area contributed by atoms with Gasteiger partial charge in [-0.1, -0.05) is 12.1 Å². The molecule has 4 nitrogen and oxygen atoms in total. The van der Waals surface area contributed by atoms with Crippen LogP contribution in [0.2, 0.25) is 0 Å². The second-order valence-corrected chi connectivity index (χ2v) is 3.61. The van der Waals surface area contributed by atoms with Gasteiger partial charge in [0.2, 0.25) is 4.70 Å². The number of hydrogen-bond acceptors (Lipinski definition) is 3. The van der Waals surface area contributed by atoms with Gasteiger partial charge in [-0.3, -0.25) is 4.79 Å². The van der Waals surface area contributed by atoms with Gasteiger partial charge in [-0.25, -0.2) is 0 Å². The molecule has 1 aromatic heterocycles. The minimum atomic E-state index is -1.73. The van der Waals surface area contributed by atoms with Crippen LogP contribution in [-0.2, 0) is 0 Å². The van der Waals surface area contributed by atoms with Gasteiger partial charge in [0, 0.05) is 10.2 Å². The van der Waals surface area contributed by atoms with Crippen molar-refractivity contribution in [2.75, 3.05) is 0 Å². The van der Waals surface area contributed by atoms with Gasteiger partial charge < -0.3 is 9.76 Å². The van der Waals surface area contributed by atoms with Crippen molar-refractivity contribution in [1.82, 2.24) is 4.12 Å². The summed E-state index contributed by atoms with van der Waals surface area (Å²) in [5.74, 6) is 0. The zero-order chi connectivity index (χ0) is 8.72. The van der Waals surface area contributed by atoms with Crippen LogP contribution >= 0.6 is 10.9 Å². The van der Waals surface area contributed by atoms with Crippen molar-refractivity contribution in [3.8, 4) is 0 Å². The molecule has 0 saturated carbocycles. The van der Waals surface area contributed by atoms with E-state index in [1.165, 1.54) is 6.07 Å². The number of fused-ring (bicyclic) bond motifs is 1. The molecule has 0 amide bonds. The number of nitrogens with zero attached hydrogens (tertiary/aromatic N) is 1. The van der Waals surface area contributed by atoms with Crippen molar-refractivity contribution in [2.45, 2.75) is 0 Å². The van der Waals surface area contributed by atoms with Gasteiger partial charge in [0.1, 0.15) is 5.39 Å². The van der Waals surface area contributed by atoms with Gasteiger partial charge in [0.25, 0.3) is 0 Å². The maximum atomic E-state index is 11.2. The van der Waals surface area contributed by atoms with Crippen molar-refractivity contribution in [3.63, 3.8) is 0 Å². The Labute approximate surface area is 98.6 Å². The Kier molecular flexibility index (Phi) is 3.15. The summed E-state index contributed by atoms with van der Waals surface area (Å²) in [5.41, 5.74) is -0.607. The zero-order valence-electron chi connectivity index (χ0n) is 5.93. The molecule has 0 aliphatic carbocycles. The van der Waals surface area contributed by atoms with Crippen LogP contribution in [0.1, 0.15) is 0 Å². The Morgan fingerprint density at radius 2 is 2.00 bits per heavy atom. The van der Waals surface area contributed by atoms with E-state index in [1.54, 1.807) is 18.2 Å². The molecule has 0 bridgehead atoms. The molecule has 0 spiro atoms. The molecular formula is C7H6NNaO3S. The first-order valence-electron chi connectivity index (χ1n) is 3.26. The molecule has 13 heavy (non-hydrogen) atoms. The molecule has 0 radical (unpaired) electrons. The number of hydrogen-bond donors (Lipinski definition) is 1. The van der Waals surface area contributed by atoms with Crippen LogP contribution in [-0.4, -0.2) is 43.4 Å². The SMILES string of the molecule is O=c1c2ccccc2[s+]([O-])n1O.[NaH]. The summed E-state index contributed by atoms with van der Waals surface area (Å²) in [5, 5.41) is 9.28. The average molecular weight is 207 g/mol. The van der Waals surface area contributed by atoms with E-state index in [0.29, 0.717) is 10.1 Å². The van der Waals surface area contributed by atoms with Crippen LogP contribution < -0.4 is 5.56 Å². The molecule has 2 aromatic rings. The first kappa shape index (κ1) is 10.7. The van der Waals surface area contributed by atoms with Crippen molar-refractivity contribution in [2.24, 2.45) is 0 Å². The fourth-order valence-corrected chi connectivity index (χ4v) is 2.04. The van der Waals surface area contributed by atoms with Crippen molar-refractivity contribution in [3.05, 3.63) is 34.6 Å². The molecule has 1 heterocycles. The molecule has 1 unspecified atom stereocenters. The molecule has 0 aliphatic rings. The molecule has 6 heteroatoms. The van der Waals surface area contributed by atoms with Crippen molar-refractivity contribution < 1.29 is 9.76 Å². The molecule has 0 fully saturated rings. The summed E-state index contributed by atoms with van der Waals surface area (Å²) in [6.45, 7) is 0. The minimum absolute atomic E-state index is 0. The summed E-state index contributed by atoms with van der Waals surface area (Å²) in [7, 11) is -1.73.